The van der Waals surface area contributed by atoms with Crippen LogP contribution in [-0.2, 0) is 11.3 Å². The summed E-state index contributed by atoms with van der Waals surface area (Å²) >= 11 is 6.21. The number of urea groups is 1. The fourth-order valence-electron chi connectivity index (χ4n) is 3.78. The van der Waals surface area contributed by atoms with Crippen molar-refractivity contribution >= 4 is 29.6 Å². The Labute approximate surface area is 185 Å². The molecule has 3 amide bonds. The zero-order chi connectivity index (χ0) is 22.1. The largest absolute Gasteiger partial charge is 0.495 e. The van der Waals surface area contributed by atoms with Gasteiger partial charge in [-0.15, -0.1) is 0 Å². The molecule has 0 bridgehead atoms. The molecule has 158 valence electrons. The molecule has 0 saturated carbocycles. The molecule has 0 atom stereocenters. The van der Waals surface area contributed by atoms with Crippen molar-refractivity contribution < 1.29 is 14.3 Å². The minimum atomic E-state index is -0.426. The minimum absolute atomic E-state index is 0.224. The van der Waals surface area contributed by atoms with Crippen LogP contribution in [0.2, 0.25) is 5.02 Å². The Morgan fingerprint density at radius 3 is 2.52 bits per heavy atom. The number of nitrogens with one attached hydrogen (secondary N) is 1. The van der Waals surface area contributed by atoms with Crippen LogP contribution in [0.4, 0.5) is 4.79 Å². The summed E-state index contributed by atoms with van der Waals surface area (Å²) in [4.78, 5) is 26.5. The molecule has 1 aromatic heterocycles. The number of rotatable bonds is 5. The molecule has 31 heavy (non-hydrogen) atoms. The first-order valence-corrected chi connectivity index (χ1v) is 10.2. The number of halogens is 1. The van der Waals surface area contributed by atoms with Gasteiger partial charge in [0.05, 0.1) is 19.3 Å². The van der Waals surface area contributed by atoms with Gasteiger partial charge in [0.2, 0.25) is 0 Å². The molecule has 0 radical (unpaired) electrons. The third kappa shape index (κ3) is 3.94. The van der Waals surface area contributed by atoms with E-state index in [1.54, 1.807) is 19.3 Å². The Kier molecular flexibility index (Phi) is 5.57. The van der Waals surface area contributed by atoms with Crippen LogP contribution in [0, 0.1) is 13.8 Å². The SMILES string of the molecule is COc1ccc(Cl)cc1-n1c(C)cc(/C=C2/NC(=O)N(Cc3ccccc3)C2=O)c1C. The van der Waals surface area contributed by atoms with E-state index in [1.807, 2.05) is 66.9 Å². The summed E-state index contributed by atoms with van der Waals surface area (Å²) < 4.78 is 7.51. The summed E-state index contributed by atoms with van der Waals surface area (Å²) in [6, 6.07) is 16.4. The van der Waals surface area contributed by atoms with Crippen LogP contribution in [0.1, 0.15) is 22.5 Å². The molecule has 6 nitrogen and oxygen atoms in total. The van der Waals surface area contributed by atoms with Gasteiger partial charge in [0, 0.05) is 16.4 Å². The molecule has 0 aliphatic carbocycles. The average Bonchev–Trinajstić information content (AvgIpc) is 3.18. The van der Waals surface area contributed by atoms with Gasteiger partial charge < -0.3 is 14.6 Å². The predicted octanol–water partition coefficient (Wildman–Crippen LogP) is 4.85. The van der Waals surface area contributed by atoms with E-state index in [0.717, 1.165) is 28.2 Å². The maximum Gasteiger partial charge on any atom is 0.329 e. The van der Waals surface area contributed by atoms with Gasteiger partial charge in [0.25, 0.3) is 5.91 Å². The molecule has 4 rings (SSSR count). The highest BCUT2D eigenvalue weighted by Crippen LogP contribution is 2.31. The van der Waals surface area contributed by atoms with Gasteiger partial charge in [-0.05, 0) is 55.3 Å². The van der Waals surface area contributed by atoms with Crippen molar-refractivity contribution in [2.75, 3.05) is 7.11 Å². The monoisotopic (exact) mass is 435 g/mol. The van der Waals surface area contributed by atoms with Crippen LogP contribution in [0.25, 0.3) is 11.8 Å². The first-order valence-electron chi connectivity index (χ1n) is 9.80. The Hall–Kier alpha value is -3.51. The third-order valence-electron chi connectivity index (χ3n) is 5.30. The molecule has 0 unspecified atom stereocenters. The number of hydrogen-bond donors (Lipinski definition) is 1. The highest BCUT2D eigenvalue weighted by molar-refractivity contribution is 6.30. The van der Waals surface area contributed by atoms with Crippen LogP contribution >= 0.6 is 11.6 Å². The van der Waals surface area contributed by atoms with Gasteiger partial charge in [-0.3, -0.25) is 9.69 Å². The van der Waals surface area contributed by atoms with Gasteiger partial charge in [0.1, 0.15) is 11.4 Å². The lowest BCUT2D eigenvalue weighted by molar-refractivity contribution is -0.123. The van der Waals surface area contributed by atoms with E-state index >= 15 is 0 Å². The van der Waals surface area contributed by atoms with Crippen molar-refractivity contribution in [3.8, 4) is 11.4 Å². The van der Waals surface area contributed by atoms with E-state index in [9.17, 15) is 9.59 Å². The van der Waals surface area contributed by atoms with Gasteiger partial charge >= 0.3 is 6.03 Å². The Morgan fingerprint density at radius 1 is 1.06 bits per heavy atom. The van der Waals surface area contributed by atoms with Crippen LogP contribution < -0.4 is 10.1 Å². The number of amides is 3. The van der Waals surface area contributed by atoms with Gasteiger partial charge in [0.15, 0.2) is 0 Å². The minimum Gasteiger partial charge on any atom is -0.495 e. The number of methoxy groups -OCH3 is 1. The lowest BCUT2D eigenvalue weighted by Crippen LogP contribution is -2.30. The zero-order valence-electron chi connectivity index (χ0n) is 17.5. The maximum absolute atomic E-state index is 12.9. The smallest absolute Gasteiger partial charge is 0.329 e. The molecule has 1 saturated heterocycles. The molecular weight excluding hydrogens is 414 g/mol. The number of imide groups is 1. The van der Waals surface area contributed by atoms with Gasteiger partial charge in [-0.2, -0.15) is 0 Å². The summed E-state index contributed by atoms with van der Waals surface area (Å²) in [6.07, 6.45) is 1.71. The van der Waals surface area contributed by atoms with Crippen molar-refractivity contribution in [2.45, 2.75) is 20.4 Å². The lowest BCUT2D eigenvalue weighted by atomic mass is 10.2. The average molecular weight is 436 g/mol. The molecule has 7 heteroatoms. The summed E-state index contributed by atoms with van der Waals surface area (Å²) in [5.74, 6) is 0.337. The fraction of sp³-hybridized carbons (Fsp3) is 0.167. The topological polar surface area (TPSA) is 63.6 Å². The zero-order valence-corrected chi connectivity index (χ0v) is 18.2. The standard InChI is InChI=1S/C24H22ClN3O3/c1-15-11-18(16(2)28(15)21-13-19(25)9-10-22(21)31-3)12-20-23(29)27(24(30)26-20)14-17-7-5-4-6-8-17/h4-13H,14H2,1-3H3,(H,26,30)/b20-12+. The second-order valence-corrected chi connectivity index (χ2v) is 7.78. The van der Waals surface area contributed by atoms with E-state index in [2.05, 4.69) is 5.32 Å². The van der Waals surface area contributed by atoms with E-state index in [4.69, 9.17) is 16.3 Å². The first kappa shape index (κ1) is 20.8. The molecule has 1 aliphatic heterocycles. The van der Waals surface area contributed by atoms with Crippen LogP contribution in [0.15, 0.2) is 60.3 Å². The van der Waals surface area contributed by atoms with Crippen molar-refractivity contribution in [2.24, 2.45) is 0 Å². The third-order valence-corrected chi connectivity index (χ3v) is 5.53. The highest BCUT2D eigenvalue weighted by atomic mass is 35.5. The molecule has 3 aromatic rings. The van der Waals surface area contributed by atoms with E-state index in [0.29, 0.717) is 10.8 Å². The quantitative estimate of drug-likeness (QED) is 0.460. The van der Waals surface area contributed by atoms with E-state index in [1.165, 1.54) is 4.90 Å². The Morgan fingerprint density at radius 2 is 1.81 bits per heavy atom. The lowest BCUT2D eigenvalue weighted by Gasteiger charge is -2.14. The Bertz CT molecular complexity index is 1200. The second-order valence-electron chi connectivity index (χ2n) is 7.34. The summed E-state index contributed by atoms with van der Waals surface area (Å²) in [7, 11) is 1.61. The summed E-state index contributed by atoms with van der Waals surface area (Å²) in [6.45, 7) is 4.14. The predicted molar refractivity (Wildman–Crippen MR) is 120 cm³/mol. The molecule has 2 aromatic carbocycles. The second kappa shape index (κ2) is 8.32. The number of aryl methyl sites for hydroxylation is 1. The van der Waals surface area contributed by atoms with Crippen LogP contribution in [0.5, 0.6) is 5.75 Å². The van der Waals surface area contributed by atoms with E-state index in [-0.39, 0.29) is 18.1 Å². The number of carbonyl (C=O) groups excluding carboxylic acids is 2. The fourth-order valence-corrected chi connectivity index (χ4v) is 3.95. The number of hydrogen-bond acceptors (Lipinski definition) is 3. The molecular formula is C24H22ClN3O3. The number of ether oxygens (including phenoxy) is 1. The maximum atomic E-state index is 12.9. The number of nitrogens with zero attached hydrogens (tertiary/aromatic N) is 2. The van der Waals surface area contributed by atoms with Gasteiger partial charge in [-0.25, -0.2) is 4.79 Å². The van der Waals surface area contributed by atoms with E-state index < -0.39 is 6.03 Å². The normalized spacial score (nSPS) is 15.0. The van der Waals surface area contributed by atoms with Crippen molar-refractivity contribution in [1.29, 1.82) is 0 Å². The highest BCUT2D eigenvalue weighted by Gasteiger charge is 2.33. The molecule has 1 N–H and O–H groups in total. The van der Waals surface area contributed by atoms with Crippen molar-refractivity contribution in [3.63, 3.8) is 0 Å². The number of carbonyl (C=O) groups is 2. The van der Waals surface area contributed by atoms with Crippen LogP contribution in [0.3, 0.4) is 0 Å². The molecule has 1 aliphatic rings. The number of benzene rings is 2. The Balaban J connectivity index is 1.68. The summed E-state index contributed by atoms with van der Waals surface area (Å²) in [5.41, 5.74) is 4.61. The van der Waals surface area contributed by atoms with Crippen LogP contribution in [-0.4, -0.2) is 28.5 Å². The summed E-state index contributed by atoms with van der Waals surface area (Å²) in [5, 5.41) is 3.29. The molecule has 2 heterocycles. The van der Waals surface area contributed by atoms with Crippen molar-refractivity contribution in [3.05, 3.63) is 87.8 Å². The van der Waals surface area contributed by atoms with Crippen molar-refractivity contribution in [1.82, 2.24) is 14.8 Å². The first-order chi connectivity index (χ1) is 14.9. The van der Waals surface area contributed by atoms with Gasteiger partial charge in [-0.1, -0.05) is 41.9 Å². The molecule has 0 spiro atoms. The molecule has 1 fully saturated rings. The number of aromatic nitrogens is 1.